The molecule has 0 aromatic heterocycles. The highest BCUT2D eigenvalue weighted by Crippen LogP contribution is 2.20. The van der Waals surface area contributed by atoms with Crippen LogP contribution in [0.15, 0.2) is 18.2 Å². The second kappa shape index (κ2) is 6.28. The lowest BCUT2D eigenvalue weighted by atomic mass is 10.0. The summed E-state index contributed by atoms with van der Waals surface area (Å²) in [6, 6.07) is 5.21. The molecule has 1 amide bonds. The number of hydrogen-bond donors (Lipinski definition) is 2. The number of anilines is 1. The van der Waals surface area contributed by atoms with Crippen molar-refractivity contribution >= 4 is 11.6 Å². The van der Waals surface area contributed by atoms with Crippen LogP contribution in [0.2, 0.25) is 0 Å². The summed E-state index contributed by atoms with van der Waals surface area (Å²) < 4.78 is 5.05. The van der Waals surface area contributed by atoms with Gasteiger partial charge in [0.1, 0.15) is 5.75 Å². The number of hydrogen-bond acceptors (Lipinski definition) is 3. The fourth-order valence-corrected chi connectivity index (χ4v) is 1.65. The van der Waals surface area contributed by atoms with Crippen molar-refractivity contribution in [3.63, 3.8) is 0 Å². The quantitative estimate of drug-likeness (QED) is 0.789. The van der Waals surface area contributed by atoms with Gasteiger partial charge in [-0.15, -0.1) is 0 Å². The van der Waals surface area contributed by atoms with Gasteiger partial charge in [-0.25, -0.2) is 0 Å². The molecule has 0 heterocycles. The fraction of sp³-hybridized carbons (Fsp3) is 0.500. The van der Waals surface area contributed by atoms with Crippen LogP contribution in [0.3, 0.4) is 0 Å². The van der Waals surface area contributed by atoms with Gasteiger partial charge in [-0.2, -0.15) is 0 Å². The predicted octanol–water partition coefficient (Wildman–Crippen LogP) is 2.44. The highest BCUT2D eigenvalue weighted by Gasteiger charge is 2.16. The van der Waals surface area contributed by atoms with Crippen molar-refractivity contribution in [1.29, 1.82) is 0 Å². The minimum atomic E-state index is -0.136. The number of ether oxygens (including phenoxy) is 1. The van der Waals surface area contributed by atoms with Gasteiger partial charge in [0.2, 0.25) is 0 Å². The van der Waals surface area contributed by atoms with Crippen LogP contribution >= 0.6 is 0 Å². The molecule has 0 radical (unpaired) electrons. The van der Waals surface area contributed by atoms with Crippen LogP contribution in [-0.4, -0.2) is 19.1 Å². The van der Waals surface area contributed by atoms with E-state index < -0.39 is 0 Å². The Labute approximate surface area is 109 Å². The van der Waals surface area contributed by atoms with E-state index in [0.717, 1.165) is 6.42 Å². The highest BCUT2D eigenvalue weighted by molar-refractivity contribution is 5.99. The monoisotopic (exact) mass is 250 g/mol. The average Bonchev–Trinajstić information content (AvgIpc) is 2.37. The summed E-state index contributed by atoms with van der Waals surface area (Å²) in [5.74, 6) is 0.954. The fourth-order valence-electron chi connectivity index (χ4n) is 1.65. The van der Waals surface area contributed by atoms with Crippen LogP contribution in [0.4, 0.5) is 5.69 Å². The first-order chi connectivity index (χ1) is 8.49. The maximum atomic E-state index is 12.1. The third-order valence-corrected chi connectivity index (χ3v) is 3.36. The summed E-state index contributed by atoms with van der Waals surface area (Å²) in [6.07, 6.45) is 1.03. The van der Waals surface area contributed by atoms with Crippen LogP contribution in [0, 0.1) is 5.92 Å². The standard InChI is InChI=1S/C14H22N2O2/c1-5-9(2)10(3)16-14(17)12-7-6-11(18-4)8-13(12)15/h6-10H,5,15H2,1-4H3,(H,16,17). The third kappa shape index (κ3) is 3.39. The van der Waals surface area contributed by atoms with Gasteiger partial charge in [0, 0.05) is 17.8 Å². The molecule has 0 bridgehead atoms. The molecule has 0 aliphatic heterocycles. The number of benzene rings is 1. The van der Waals surface area contributed by atoms with Crippen LogP contribution in [0.25, 0.3) is 0 Å². The maximum Gasteiger partial charge on any atom is 0.253 e. The van der Waals surface area contributed by atoms with Crippen molar-refractivity contribution in [2.45, 2.75) is 33.2 Å². The Hall–Kier alpha value is -1.71. The number of nitrogens with one attached hydrogen (secondary N) is 1. The molecule has 0 aliphatic carbocycles. The molecule has 1 aromatic carbocycles. The lowest BCUT2D eigenvalue weighted by Gasteiger charge is -2.20. The Bertz CT molecular complexity index is 418. The second-order valence-electron chi connectivity index (χ2n) is 4.60. The minimum Gasteiger partial charge on any atom is -0.497 e. The number of carbonyl (C=O) groups excluding carboxylic acids is 1. The van der Waals surface area contributed by atoms with Crippen molar-refractivity contribution in [3.05, 3.63) is 23.8 Å². The van der Waals surface area contributed by atoms with Crippen molar-refractivity contribution < 1.29 is 9.53 Å². The van der Waals surface area contributed by atoms with E-state index in [1.165, 1.54) is 0 Å². The van der Waals surface area contributed by atoms with Gasteiger partial charge in [-0.3, -0.25) is 4.79 Å². The molecule has 4 heteroatoms. The average molecular weight is 250 g/mol. The number of amides is 1. The smallest absolute Gasteiger partial charge is 0.253 e. The number of nitrogen functional groups attached to an aromatic ring is 1. The van der Waals surface area contributed by atoms with Gasteiger partial charge in [0.25, 0.3) is 5.91 Å². The van der Waals surface area contributed by atoms with Crippen molar-refractivity contribution in [2.24, 2.45) is 5.92 Å². The molecular weight excluding hydrogens is 228 g/mol. The molecule has 1 rings (SSSR count). The number of methoxy groups -OCH3 is 1. The second-order valence-corrected chi connectivity index (χ2v) is 4.60. The summed E-state index contributed by atoms with van der Waals surface area (Å²) in [4.78, 5) is 12.1. The van der Waals surface area contributed by atoms with Crippen LogP contribution in [0.5, 0.6) is 5.75 Å². The van der Waals surface area contributed by atoms with Gasteiger partial charge in [0.15, 0.2) is 0 Å². The number of nitrogens with two attached hydrogens (primary N) is 1. The summed E-state index contributed by atoms with van der Waals surface area (Å²) in [7, 11) is 1.57. The van der Waals surface area contributed by atoms with E-state index in [2.05, 4.69) is 19.2 Å². The van der Waals surface area contributed by atoms with E-state index in [1.54, 1.807) is 25.3 Å². The summed E-state index contributed by atoms with van der Waals surface area (Å²) in [5, 5.41) is 2.97. The van der Waals surface area contributed by atoms with E-state index >= 15 is 0 Å². The maximum absolute atomic E-state index is 12.1. The molecule has 0 fully saturated rings. The zero-order chi connectivity index (χ0) is 13.7. The Morgan fingerprint density at radius 1 is 1.44 bits per heavy atom. The summed E-state index contributed by atoms with van der Waals surface area (Å²) in [5.41, 5.74) is 6.77. The largest absolute Gasteiger partial charge is 0.497 e. The van der Waals surface area contributed by atoms with Crippen molar-refractivity contribution in [3.8, 4) is 5.75 Å². The molecule has 0 saturated heterocycles. The third-order valence-electron chi connectivity index (χ3n) is 3.36. The van der Waals surface area contributed by atoms with Gasteiger partial charge >= 0.3 is 0 Å². The van der Waals surface area contributed by atoms with Gasteiger partial charge in [-0.05, 0) is 25.0 Å². The van der Waals surface area contributed by atoms with Crippen molar-refractivity contribution in [1.82, 2.24) is 5.32 Å². The highest BCUT2D eigenvalue weighted by atomic mass is 16.5. The zero-order valence-corrected chi connectivity index (χ0v) is 11.5. The van der Waals surface area contributed by atoms with E-state index in [4.69, 9.17) is 10.5 Å². The Kier molecular flexibility index (Phi) is 5.01. The molecule has 0 spiro atoms. The molecule has 1 aromatic rings. The molecule has 2 atom stereocenters. The molecular formula is C14H22N2O2. The van der Waals surface area contributed by atoms with E-state index in [-0.39, 0.29) is 11.9 Å². The first-order valence-electron chi connectivity index (χ1n) is 6.24. The van der Waals surface area contributed by atoms with E-state index in [9.17, 15) is 4.79 Å². The number of carbonyl (C=O) groups is 1. The first-order valence-corrected chi connectivity index (χ1v) is 6.24. The molecule has 0 saturated carbocycles. The Morgan fingerprint density at radius 3 is 2.61 bits per heavy atom. The van der Waals surface area contributed by atoms with Gasteiger partial charge in [-0.1, -0.05) is 20.3 Å². The molecule has 2 unspecified atom stereocenters. The predicted molar refractivity (Wildman–Crippen MR) is 73.8 cm³/mol. The van der Waals surface area contributed by atoms with E-state index in [0.29, 0.717) is 22.9 Å². The molecule has 18 heavy (non-hydrogen) atoms. The van der Waals surface area contributed by atoms with Gasteiger partial charge in [0.05, 0.1) is 12.7 Å². The molecule has 4 nitrogen and oxygen atoms in total. The van der Waals surface area contributed by atoms with Crippen LogP contribution in [0.1, 0.15) is 37.6 Å². The van der Waals surface area contributed by atoms with E-state index in [1.807, 2.05) is 6.92 Å². The summed E-state index contributed by atoms with van der Waals surface area (Å²) >= 11 is 0. The minimum absolute atomic E-state index is 0.129. The Balaban J connectivity index is 2.78. The van der Waals surface area contributed by atoms with Crippen molar-refractivity contribution in [2.75, 3.05) is 12.8 Å². The Morgan fingerprint density at radius 2 is 2.11 bits per heavy atom. The molecule has 3 N–H and O–H groups in total. The lowest BCUT2D eigenvalue weighted by molar-refractivity contribution is 0.0929. The number of rotatable bonds is 5. The molecule has 0 aliphatic rings. The lowest BCUT2D eigenvalue weighted by Crippen LogP contribution is -2.37. The zero-order valence-electron chi connectivity index (χ0n) is 11.5. The SMILES string of the molecule is CCC(C)C(C)NC(=O)c1ccc(OC)cc1N. The molecule has 100 valence electrons. The van der Waals surface area contributed by atoms with Gasteiger partial charge < -0.3 is 15.8 Å². The summed E-state index contributed by atoms with van der Waals surface area (Å²) in [6.45, 7) is 6.23. The normalized spacial score (nSPS) is 13.8. The topological polar surface area (TPSA) is 64.3 Å². The van der Waals surface area contributed by atoms with Crippen LogP contribution < -0.4 is 15.8 Å². The first kappa shape index (κ1) is 14.4. The van der Waals surface area contributed by atoms with Crippen LogP contribution in [-0.2, 0) is 0 Å².